The summed E-state index contributed by atoms with van der Waals surface area (Å²) in [6.45, 7) is 5.48. The van der Waals surface area contributed by atoms with Crippen molar-refractivity contribution >= 4 is 23.0 Å². The Morgan fingerprint density at radius 1 is 1.12 bits per heavy atom. The monoisotopic (exact) mass is 441 g/mol. The van der Waals surface area contributed by atoms with Crippen LogP contribution in [-0.4, -0.2) is 44.9 Å². The summed E-state index contributed by atoms with van der Waals surface area (Å²) in [4.78, 5) is 29.2. The molecule has 3 heterocycles. The fourth-order valence-electron chi connectivity index (χ4n) is 4.68. The molecular formula is C26H27N5O2. The molecule has 33 heavy (non-hydrogen) atoms. The van der Waals surface area contributed by atoms with E-state index >= 15 is 0 Å². The fraction of sp³-hybridized carbons (Fsp3) is 0.308. The normalized spacial score (nSPS) is 18.4. The van der Waals surface area contributed by atoms with Crippen molar-refractivity contribution in [2.45, 2.75) is 32.7 Å². The van der Waals surface area contributed by atoms with E-state index in [4.69, 9.17) is 4.42 Å². The molecule has 1 amide bonds. The Labute approximate surface area is 192 Å². The standard InChI is InChI=1S/C26H27N5O2/c1-17-9-6-15-31(21(17)16-29-26-30-20-11-3-4-12-22(20)33-26)25(32)19-10-5-8-18(2)23(19)24-27-13-7-14-28-24/h3-5,7-8,10-14,17,21H,6,9,15-16H2,1-2H3,(H,29,30)/t17-,21-/m1/s1. The summed E-state index contributed by atoms with van der Waals surface area (Å²) in [6.07, 6.45) is 5.47. The zero-order valence-corrected chi connectivity index (χ0v) is 18.9. The van der Waals surface area contributed by atoms with E-state index in [1.165, 1.54) is 0 Å². The van der Waals surface area contributed by atoms with Crippen LogP contribution in [0.4, 0.5) is 6.01 Å². The largest absolute Gasteiger partial charge is 0.424 e. The maximum Gasteiger partial charge on any atom is 0.295 e. The molecule has 0 saturated carbocycles. The molecule has 1 saturated heterocycles. The smallest absolute Gasteiger partial charge is 0.295 e. The summed E-state index contributed by atoms with van der Waals surface area (Å²) >= 11 is 0. The van der Waals surface area contributed by atoms with Gasteiger partial charge in [0.25, 0.3) is 11.9 Å². The molecule has 168 valence electrons. The Kier molecular flexibility index (Phi) is 5.77. The van der Waals surface area contributed by atoms with Crippen molar-refractivity contribution in [1.82, 2.24) is 19.9 Å². The Hall–Kier alpha value is -3.74. The quantitative estimate of drug-likeness (QED) is 0.472. The molecule has 0 aliphatic carbocycles. The number of piperidine rings is 1. The molecule has 1 aliphatic heterocycles. The van der Waals surface area contributed by atoms with Gasteiger partial charge in [0.2, 0.25) is 0 Å². The van der Waals surface area contributed by atoms with Crippen LogP contribution in [0.15, 0.2) is 65.3 Å². The lowest BCUT2D eigenvalue weighted by molar-refractivity contribution is 0.0540. The molecule has 0 radical (unpaired) electrons. The van der Waals surface area contributed by atoms with Gasteiger partial charge in [0.05, 0.1) is 11.6 Å². The van der Waals surface area contributed by atoms with Gasteiger partial charge >= 0.3 is 0 Å². The number of rotatable bonds is 5. The summed E-state index contributed by atoms with van der Waals surface area (Å²) < 4.78 is 5.83. The Balaban J connectivity index is 1.42. The number of aryl methyl sites for hydroxylation is 1. The first kappa shape index (κ1) is 21.1. The number of aromatic nitrogens is 3. The summed E-state index contributed by atoms with van der Waals surface area (Å²) in [5.41, 5.74) is 3.99. The van der Waals surface area contributed by atoms with Gasteiger partial charge in [-0.3, -0.25) is 4.79 Å². The van der Waals surface area contributed by atoms with Crippen LogP contribution in [0.5, 0.6) is 0 Å². The molecular weight excluding hydrogens is 414 g/mol. The van der Waals surface area contributed by atoms with Gasteiger partial charge in [-0.05, 0) is 55.5 Å². The van der Waals surface area contributed by atoms with Gasteiger partial charge in [-0.1, -0.05) is 31.2 Å². The number of fused-ring (bicyclic) bond motifs is 1. The van der Waals surface area contributed by atoms with Crippen molar-refractivity contribution in [3.63, 3.8) is 0 Å². The van der Waals surface area contributed by atoms with Gasteiger partial charge in [0.1, 0.15) is 5.52 Å². The lowest BCUT2D eigenvalue weighted by Gasteiger charge is -2.40. The first-order valence-electron chi connectivity index (χ1n) is 11.4. The summed E-state index contributed by atoms with van der Waals surface area (Å²) in [6, 6.07) is 15.8. The number of benzene rings is 2. The number of hydrogen-bond acceptors (Lipinski definition) is 6. The van der Waals surface area contributed by atoms with E-state index in [1.807, 2.05) is 54.3 Å². The minimum absolute atomic E-state index is 0.0112. The summed E-state index contributed by atoms with van der Waals surface area (Å²) in [5.74, 6) is 0.933. The number of hydrogen-bond donors (Lipinski definition) is 1. The SMILES string of the molecule is Cc1cccc(C(=O)N2CCC[C@@H](C)[C@H]2CNc2nc3ccccc3o2)c1-c1ncccn1. The van der Waals surface area contributed by atoms with Gasteiger partial charge < -0.3 is 14.6 Å². The topological polar surface area (TPSA) is 84.2 Å². The molecule has 5 rings (SSSR count). The average molecular weight is 442 g/mol. The first-order valence-corrected chi connectivity index (χ1v) is 11.4. The van der Waals surface area contributed by atoms with E-state index in [1.54, 1.807) is 18.5 Å². The van der Waals surface area contributed by atoms with Crippen molar-refractivity contribution in [1.29, 1.82) is 0 Å². The van der Waals surface area contributed by atoms with Gasteiger partial charge in [-0.2, -0.15) is 4.98 Å². The Morgan fingerprint density at radius 3 is 2.76 bits per heavy atom. The second-order valence-corrected chi connectivity index (χ2v) is 8.62. The van der Waals surface area contributed by atoms with Crippen LogP contribution in [0, 0.1) is 12.8 Å². The van der Waals surface area contributed by atoms with E-state index in [9.17, 15) is 4.79 Å². The third kappa shape index (κ3) is 4.18. The molecule has 4 aromatic rings. The Morgan fingerprint density at radius 2 is 1.94 bits per heavy atom. The molecule has 2 aromatic heterocycles. The van der Waals surface area contributed by atoms with Crippen LogP contribution in [0.1, 0.15) is 35.7 Å². The molecule has 7 heteroatoms. The molecule has 1 fully saturated rings. The number of carbonyl (C=O) groups excluding carboxylic acids is 1. The van der Waals surface area contributed by atoms with E-state index in [2.05, 4.69) is 27.2 Å². The number of amides is 1. The van der Waals surface area contributed by atoms with Crippen LogP contribution in [0.3, 0.4) is 0 Å². The molecule has 0 spiro atoms. The molecule has 0 bridgehead atoms. The number of likely N-dealkylation sites (tertiary alicyclic amines) is 1. The minimum Gasteiger partial charge on any atom is -0.424 e. The maximum absolute atomic E-state index is 13.9. The lowest BCUT2D eigenvalue weighted by Crippen LogP contribution is -2.51. The van der Waals surface area contributed by atoms with Crippen molar-refractivity contribution in [2.24, 2.45) is 5.92 Å². The predicted molar refractivity (Wildman–Crippen MR) is 128 cm³/mol. The van der Waals surface area contributed by atoms with E-state index in [0.29, 0.717) is 36.4 Å². The number of nitrogens with zero attached hydrogens (tertiary/aromatic N) is 4. The van der Waals surface area contributed by atoms with Crippen LogP contribution in [-0.2, 0) is 0 Å². The molecule has 1 N–H and O–H groups in total. The minimum atomic E-state index is 0.0112. The number of para-hydroxylation sites is 2. The summed E-state index contributed by atoms with van der Waals surface area (Å²) in [5, 5.41) is 3.33. The molecule has 0 unspecified atom stereocenters. The van der Waals surface area contributed by atoms with E-state index in [-0.39, 0.29) is 11.9 Å². The third-order valence-electron chi connectivity index (χ3n) is 6.43. The van der Waals surface area contributed by atoms with Gasteiger partial charge in [0.15, 0.2) is 11.4 Å². The average Bonchev–Trinajstić information content (AvgIpc) is 3.26. The van der Waals surface area contributed by atoms with E-state index < -0.39 is 0 Å². The van der Waals surface area contributed by atoms with Gasteiger partial charge in [-0.25, -0.2) is 9.97 Å². The van der Waals surface area contributed by atoms with Crippen LogP contribution < -0.4 is 5.32 Å². The first-order chi connectivity index (χ1) is 16.1. The van der Waals surface area contributed by atoms with Crippen molar-refractivity contribution < 1.29 is 9.21 Å². The fourth-order valence-corrected chi connectivity index (χ4v) is 4.68. The highest BCUT2D eigenvalue weighted by Crippen LogP contribution is 2.30. The number of nitrogens with one attached hydrogen (secondary N) is 1. The number of anilines is 1. The second-order valence-electron chi connectivity index (χ2n) is 8.62. The lowest BCUT2D eigenvalue weighted by atomic mass is 9.89. The highest BCUT2D eigenvalue weighted by Gasteiger charge is 2.34. The van der Waals surface area contributed by atoms with Crippen molar-refractivity contribution in [3.05, 3.63) is 72.1 Å². The van der Waals surface area contributed by atoms with Crippen molar-refractivity contribution in [2.75, 3.05) is 18.4 Å². The third-order valence-corrected chi connectivity index (χ3v) is 6.43. The maximum atomic E-state index is 13.9. The molecule has 1 aliphatic rings. The van der Waals surface area contributed by atoms with Crippen LogP contribution >= 0.6 is 0 Å². The molecule has 7 nitrogen and oxygen atoms in total. The highest BCUT2D eigenvalue weighted by atomic mass is 16.4. The van der Waals surface area contributed by atoms with Crippen molar-refractivity contribution in [3.8, 4) is 11.4 Å². The summed E-state index contributed by atoms with van der Waals surface area (Å²) in [7, 11) is 0. The Bertz CT molecular complexity index is 1240. The second kappa shape index (κ2) is 9.02. The highest BCUT2D eigenvalue weighted by molar-refractivity contribution is 6.01. The number of oxazole rings is 1. The number of carbonyl (C=O) groups is 1. The van der Waals surface area contributed by atoms with Crippen LogP contribution in [0.2, 0.25) is 0 Å². The zero-order chi connectivity index (χ0) is 22.8. The van der Waals surface area contributed by atoms with Crippen LogP contribution in [0.25, 0.3) is 22.5 Å². The van der Waals surface area contributed by atoms with E-state index in [0.717, 1.165) is 35.1 Å². The molecule has 2 aromatic carbocycles. The molecule has 2 atom stereocenters. The van der Waals surface area contributed by atoms with Gasteiger partial charge in [-0.15, -0.1) is 0 Å². The van der Waals surface area contributed by atoms with Gasteiger partial charge in [0, 0.05) is 31.0 Å². The predicted octanol–water partition coefficient (Wildman–Crippen LogP) is 4.95. The zero-order valence-electron chi connectivity index (χ0n) is 18.9.